The number of benzene rings is 2. The Morgan fingerprint density at radius 1 is 0.647 bits per heavy atom. The van der Waals surface area contributed by atoms with Crippen LogP contribution in [0.5, 0.6) is 0 Å². The van der Waals surface area contributed by atoms with Gasteiger partial charge in [0, 0.05) is 17.8 Å². The number of nitrogens with two attached hydrogens (primary N) is 2. The first-order valence-corrected chi connectivity index (χ1v) is 4.94. The van der Waals surface area contributed by atoms with Gasteiger partial charge in [0.25, 0.3) is 0 Å². The smallest absolute Gasteiger partial charge is 0.0349 e. The molecule has 2 nitrogen and oxygen atoms in total. The van der Waals surface area contributed by atoms with Crippen molar-refractivity contribution in [2.75, 3.05) is 11.5 Å². The van der Waals surface area contributed by atoms with Crippen LogP contribution >= 0.6 is 24.8 Å². The van der Waals surface area contributed by atoms with Gasteiger partial charge >= 0.3 is 0 Å². The van der Waals surface area contributed by atoms with E-state index in [0.717, 1.165) is 28.9 Å². The van der Waals surface area contributed by atoms with Gasteiger partial charge in [0.05, 0.1) is 0 Å². The lowest BCUT2D eigenvalue weighted by atomic mass is 10.0. The van der Waals surface area contributed by atoms with E-state index in [1.54, 1.807) is 0 Å². The van der Waals surface area contributed by atoms with Gasteiger partial charge in [0.2, 0.25) is 0 Å². The van der Waals surface area contributed by atoms with Crippen LogP contribution in [0.4, 0.5) is 11.4 Å². The number of rotatable bonds is 2. The molecular weight excluding hydrogens is 255 g/mol. The van der Waals surface area contributed by atoms with E-state index < -0.39 is 0 Å². The Morgan fingerprint density at radius 2 is 1.00 bits per heavy atom. The summed E-state index contributed by atoms with van der Waals surface area (Å²) in [4.78, 5) is 0. The fourth-order valence-corrected chi connectivity index (χ4v) is 1.60. The van der Waals surface area contributed by atoms with Gasteiger partial charge in [-0.25, -0.2) is 0 Å². The van der Waals surface area contributed by atoms with Crippen LogP contribution in [0.2, 0.25) is 0 Å². The highest BCUT2D eigenvalue weighted by Crippen LogP contribution is 2.19. The van der Waals surface area contributed by atoms with E-state index in [-0.39, 0.29) is 24.8 Å². The minimum Gasteiger partial charge on any atom is -0.398 e. The highest BCUT2D eigenvalue weighted by molar-refractivity contribution is 5.85. The van der Waals surface area contributed by atoms with Gasteiger partial charge in [-0.3, -0.25) is 0 Å². The fourth-order valence-electron chi connectivity index (χ4n) is 1.60. The van der Waals surface area contributed by atoms with Gasteiger partial charge in [-0.2, -0.15) is 0 Å². The zero-order valence-electron chi connectivity index (χ0n) is 9.30. The third kappa shape index (κ3) is 3.84. The molecule has 2 aromatic carbocycles. The average Bonchev–Trinajstić information content (AvgIpc) is 2.24. The van der Waals surface area contributed by atoms with Crippen LogP contribution in [-0.2, 0) is 6.42 Å². The van der Waals surface area contributed by atoms with Crippen LogP contribution in [0.3, 0.4) is 0 Å². The average molecular weight is 271 g/mol. The van der Waals surface area contributed by atoms with E-state index in [4.69, 9.17) is 11.5 Å². The van der Waals surface area contributed by atoms with Gasteiger partial charge in [-0.15, -0.1) is 24.8 Å². The molecule has 0 atom stereocenters. The first kappa shape index (κ1) is 15.6. The van der Waals surface area contributed by atoms with Gasteiger partial charge in [0.1, 0.15) is 0 Å². The number of halogens is 2. The number of hydrogen-bond donors (Lipinski definition) is 2. The summed E-state index contributed by atoms with van der Waals surface area (Å²) in [5.74, 6) is 0. The van der Waals surface area contributed by atoms with Gasteiger partial charge < -0.3 is 11.5 Å². The Kier molecular flexibility index (Phi) is 6.47. The summed E-state index contributed by atoms with van der Waals surface area (Å²) in [6, 6.07) is 15.7. The Bertz CT molecular complexity index is 429. The zero-order valence-corrected chi connectivity index (χ0v) is 10.9. The first-order chi connectivity index (χ1) is 7.27. The molecule has 4 heteroatoms. The molecule has 2 rings (SSSR count). The Morgan fingerprint density at radius 3 is 1.35 bits per heavy atom. The molecule has 0 aromatic heterocycles. The lowest BCUT2D eigenvalue weighted by Gasteiger charge is -2.07. The minimum atomic E-state index is 0. The minimum absolute atomic E-state index is 0. The van der Waals surface area contributed by atoms with Crippen LogP contribution in [0.1, 0.15) is 11.1 Å². The van der Waals surface area contributed by atoms with Crippen molar-refractivity contribution in [1.29, 1.82) is 0 Å². The zero-order chi connectivity index (χ0) is 10.7. The summed E-state index contributed by atoms with van der Waals surface area (Å²) < 4.78 is 0. The van der Waals surface area contributed by atoms with Crippen LogP contribution in [0.15, 0.2) is 48.5 Å². The summed E-state index contributed by atoms with van der Waals surface area (Å²) in [6.45, 7) is 0. The monoisotopic (exact) mass is 270 g/mol. The van der Waals surface area contributed by atoms with Crippen molar-refractivity contribution in [3.8, 4) is 0 Å². The van der Waals surface area contributed by atoms with Gasteiger partial charge in [-0.05, 0) is 23.3 Å². The van der Waals surface area contributed by atoms with Crippen LogP contribution in [0, 0.1) is 0 Å². The van der Waals surface area contributed by atoms with Crippen LogP contribution in [-0.4, -0.2) is 0 Å². The molecule has 0 heterocycles. The van der Waals surface area contributed by atoms with Crippen molar-refractivity contribution in [1.82, 2.24) is 0 Å². The quantitative estimate of drug-likeness (QED) is 0.823. The summed E-state index contributed by atoms with van der Waals surface area (Å²) in [6.07, 6.45) is 0.791. The highest BCUT2D eigenvalue weighted by atomic mass is 35.5. The molecule has 4 N–H and O–H groups in total. The topological polar surface area (TPSA) is 52.0 Å². The maximum Gasteiger partial charge on any atom is 0.0349 e. The van der Waals surface area contributed by atoms with E-state index in [2.05, 4.69) is 0 Å². The molecule has 0 radical (unpaired) electrons. The third-order valence-electron chi connectivity index (χ3n) is 2.49. The summed E-state index contributed by atoms with van der Waals surface area (Å²) >= 11 is 0. The molecule has 17 heavy (non-hydrogen) atoms. The first-order valence-electron chi connectivity index (χ1n) is 4.94. The fraction of sp³-hybridized carbons (Fsp3) is 0.0769. The van der Waals surface area contributed by atoms with E-state index in [1.165, 1.54) is 0 Å². The molecule has 0 amide bonds. The normalized spacial score (nSPS) is 8.94. The number of para-hydroxylation sites is 2. The molecular formula is C13H16Cl2N2. The Balaban J connectivity index is 0.00000128. The van der Waals surface area contributed by atoms with E-state index in [0.29, 0.717) is 0 Å². The van der Waals surface area contributed by atoms with Gasteiger partial charge in [-0.1, -0.05) is 36.4 Å². The predicted molar refractivity (Wildman–Crippen MR) is 79.0 cm³/mol. The maximum absolute atomic E-state index is 5.88. The number of hydrogen-bond acceptors (Lipinski definition) is 2. The van der Waals surface area contributed by atoms with Crippen LogP contribution < -0.4 is 11.5 Å². The van der Waals surface area contributed by atoms with Gasteiger partial charge in [0.15, 0.2) is 0 Å². The third-order valence-corrected chi connectivity index (χ3v) is 2.49. The molecule has 0 spiro atoms. The standard InChI is InChI=1S/C13H14N2.2ClH/c14-12-7-3-1-5-10(12)9-11-6-2-4-8-13(11)15;;/h1-8H,9,14-15H2;2*1H. The van der Waals surface area contributed by atoms with E-state index in [1.807, 2.05) is 48.5 Å². The summed E-state index contributed by atoms with van der Waals surface area (Å²) in [7, 11) is 0. The van der Waals surface area contributed by atoms with Crippen molar-refractivity contribution in [2.45, 2.75) is 6.42 Å². The molecule has 2 aromatic rings. The largest absolute Gasteiger partial charge is 0.398 e. The summed E-state index contributed by atoms with van der Waals surface area (Å²) in [5, 5.41) is 0. The molecule has 0 unspecified atom stereocenters. The van der Waals surface area contributed by atoms with Crippen molar-refractivity contribution in [3.63, 3.8) is 0 Å². The molecule has 0 aliphatic heterocycles. The second-order valence-electron chi connectivity index (χ2n) is 3.57. The second kappa shape index (κ2) is 7.05. The molecule has 0 fully saturated rings. The molecule has 0 saturated heterocycles. The van der Waals surface area contributed by atoms with Crippen LogP contribution in [0.25, 0.3) is 0 Å². The maximum atomic E-state index is 5.88. The van der Waals surface area contributed by atoms with Crippen molar-refractivity contribution in [3.05, 3.63) is 59.7 Å². The molecule has 0 aliphatic rings. The lowest BCUT2D eigenvalue weighted by Crippen LogP contribution is -1.98. The summed E-state index contributed by atoms with van der Waals surface area (Å²) in [5.41, 5.74) is 15.6. The van der Waals surface area contributed by atoms with E-state index in [9.17, 15) is 0 Å². The lowest BCUT2D eigenvalue weighted by molar-refractivity contribution is 1.20. The number of nitrogen functional groups attached to an aromatic ring is 2. The molecule has 0 aliphatic carbocycles. The number of anilines is 2. The highest BCUT2D eigenvalue weighted by Gasteiger charge is 2.02. The SMILES string of the molecule is Cl.Cl.Nc1ccccc1Cc1ccccc1N. The van der Waals surface area contributed by atoms with E-state index >= 15 is 0 Å². The Hall–Kier alpha value is -1.38. The van der Waals surface area contributed by atoms with Crippen molar-refractivity contribution in [2.24, 2.45) is 0 Å². The molecule has 0 bridgehead atoms. The Labute approximate surface area is 114 Å². The van der Waals surface area contributed by atoms with Crippen molar-refractivity contribution < 1.29 is 0 Å². The van der Waals surface area contributed by atoms with Crippen molar-refractivity contribution >= 4 is 36.2 Å². The second-order valence-corrected chi connectivity index (χ2v) is 3.57. The molecule has 92 valence electrons. The predicted octanol–water partition coefficient (Wildman–Crippen LogP) is 3.29. The molecule has 0 saturated carbocycles.